The molecule has 1 aromatic heterocycles. The van der Waals surface area contributed by atoms with Crippen molar-refractivity contribution >= 4 is 33.6 Å². The van der Waals surface area contributed by atoms with Crippen molar-refractivity contribution in [3.63, 3.8) is 0 Å². The monoisotopic (exact) mass is 321 g/mol. The zero-order chi connectivity index (χ0) is 15.9. The number of rotatable bonds is 1. The fourth-order valence-electron chi connectivity index (χ4n) is 2.57. The third-order valence-electron chi connectivity index (χ3n) is 3.77. The molecule has 22 heavy (non-hydrogen) atoms. The average molecular weight is 321 g/mol. The molecule has 0 unspecified atom stereocenters. The minimum Gasteiger partial charge on any atom is -0.441 e. The van der Waals surface area contributed by atoms with Crippen molar-refractivity contribution in [1.82, 2.24) is 9.88 Å². The number of fused-ring (bicyclic) bond motifs is 1. The minimum atomic E-state index is -0.895. The number of aromatic nitrogens is 1. The van der Waals surface area contributed by atoms with Crippen LogP contribution in [0.1, 0.15) is 19.7 Å². The van der Waals surface area contributed by atoms with Gasteiger partial charge in [-0.3, -0.25) is 4.21 Å². The fraction of sp³-hybridized carbons (Fsp3) is 0.467. The van der Waals surface area contributed by atoms with Crippen LogP contribution in [0.4, 0.5) is 10.5 Å². The molecule has 1 saturated heterocycles. The lowest BCUT2D eigenvalue weighted by molar-refractivity contribution is 0.207. The number of carbonyl (C=O) groups is 1. The van der Waals surface area contributed by atoms with Crippen LogP contribution in [-0.4, -0.2) is 43.7 Å². The van der Waals surface area contributed by atoms with E-state index in [1.54, 1.807) is 24.0 Å². The van der Waals surface area contributed by atoms with Crippen LogP contribution in [0.15, 0.2) is 22.6 Å². The molecule has 1 atom stereocenters. The number of amides is 2. The van der Waals surface area contributed by atoms with E-state index < -0.39 is 10.8 Å². The summed E-state index contributed by atoms with van der Waals surface area (Å²) in [7, 11) is -0.895. The van der Waals surface area contributed by atoms with Crippen molar-refractivity contribution < 1.29 is 13.4 Å². The highest BCUT2D eigenvalue weighted by Gasteiger charge is 2.35. The van der Waals surface area contributed by atoms with Crippen LogP contribution >= 0.6 is 0 Å². The van der Waals surface area contributed by atoms with E-state index in [2.05, 4.69) is 10.3 Å². The number of carbonyl (C=O) groups excluding carboxylic acids is 1. The summed E-state index contributed by atoms with van der Waals surface area (Å²) in [6.07, 6.45) is 0. The predicted octanol–water partition coefficient (Wildman–Crippen LogP) is 2.51. The third kappa shape index (κ3) is 2.85. The van der Waals surface area contributed by atoms with Crippen LogP contribution in [0, 0.1) is 6.92 Å². The van der Waals surface area contributed by atoms with Gasteiger partial charge in [0.2, 0.25) is 0 Å². The summed E-state index contributed by atoms with van der Waals surface area (Å²) in [6.45, 7) is 6.62. The van der Waals surface area contributed by atoms with Crippen LogP contribution in [0.3, 0.4) is 0 Å². The molecule has 0 aliphatic carbocycles. The Kier molecular flexibility index (Phi) is 3.68. The molecule has 2 heterocycles. The lowest BCUT2D eigenvalue weighted by Gasteiger charge is -2.37. The highest BCUT2D eigenvalue weighted by atomic mass is 32.2. The number of hydrogen-bond acceptors (Lipinski definition) is 4. The quantitative estimate of drug-likeness (QED) is 0.875. The number of nitrogens with one attached hydrogen (secondary N) is 1. The number of nitrogens with zero attached hydrogens (tertiary/aromatic N) is 2. The Morgan fingerprint density at radius 1 is 1.45 bits per heavy atom. The number of hydrogen-bond donors (Lipinski definition) is 1. The Morgan fingerprint density at radius 2 is 2.23 bits per heavy atom. The second kappa shape index (κ2) is 5.39. The van der Waals surface area contributed by atoms with Gasteiger partial charge in [-0.1, -0.05) is 0 Å². The summed E-state index contributed by atoms with van der Waals surface area (Å²) in [4.78, 5) is 18.3. The SMILES string of the molecule is Cc1nc2ccc(NC(=O)N3CC[S@](=O)C(C)(C)C3)cc2o1. The van der Waals surface area contributed by atoms with Gasteiger partial charge in [0.05, 0.1) is 4.75 Å². The number of urea groups is 1. The fourth-order valence-corrected chi connectivity index (χ4v) is 3.81. The van der Waals surface area contributed by atoms with Gasteiger partial charge in [-0.15, -0.1) is 0 Å². The molecule has 3 rings (SSSR count). The Balaban J connectivity index is 1.74. The van der Waals surface area contributed by atoms with Gasteiger partial charge in [0.25, 0.3) is 0 Å². The maximum atomic E-state index is 12.4. The van der Waals surface area contributed by atoms with E-state index in [-0.39, 0.29) is 10.8 Å². The van der Waals surface area contributed by atoms with Gasteiger partial charge in [-0.05, 0) is 26.0 Å². The van der Waals surface area contributed by atoms with E-state index >= 15 is 0 Å². The van der Waals surface area contributed by atoms with Crippen LogP contribution < -0.4 is 5.32 Å². The van der Waals surface area contributed by atoms with Gasteiger partial charge in [-0.2, -0.15) is 0 Å². The first-order chi connectivity index (χ1) is 10.3. The molecule has 6 nitrogen and oxygen atoms in total. The summed E-state index contributed by atoms with van der Waals surface area (Å²) in [5.74, 6) is 1.11. The van der Waals surface area contributed by atoms with E-state index in [9.17, 15) is 9.00 Å². The highest BCUT2D eigenvalue weighted by Crippen LogP contribution is 2.23. The zero-order valence-corrected chi connectivity index (χ0v) is 13.7. The molecular weight excluding hydrogens is 302 g/mol. The maximum Gasteiger partial charge on any atom is 0.321 e. The molecule has 118 valence electrons. The lowest BCUT2D eigenvalue weighted by Crippen LogP contribution is -2.53. The first-order valence-corrected chi connectivity index (χ1v) is 8.49. The molecule has 1 fully saturated rings. The number of anilines is 1. The number of aryl methyl sites for hydroxylation is 1. The molecule has 1 aliphatic heterocycles. The van der Waals surface area contributed by atoms with Crippen molar-refractivity contribution in [3.05, 3.63) is 24.1 Å². The molecular formula is C15H19N3O3S. The standard InChI is InChI=1S/C15H19N3O3S/c1-10-16-12-5-4-11(8-13(12)21-10)17-14(19)18-6-7-22(20)15(2,3)9-18/h4-5,8H,6-7,9H2,1-3H3,(H,17,19)/t22-/m0/s1. The summed E-state index contributed by atoms with van der Waals surface area (Å²) in [5.41, 5.74) is 2.08. The van der Waals surface area contributed by atoms with Gasteiger partial charge in [-0.25, -0.2) is 9.78 Å². The lowest BCUT2D eigenvalue weighted by atomic mass is 10.2. The molecule has 1 aliphatic rings. The van der Waals surface area contributed by atoms with Gasteiger partial charge in [0.1, 0.15) is 5.52 Å². The minimum absolute atomic E-state index is 0.180. The van der Waals surface area contributed by atoms with E-state index in [0.717, 1.165) is 5.52 Å². The molecule has 7 heteroatoms. The molecule has 1 aromatic carbocycles. The molecule has 2 aromatic rings. The molecule has 1 N–H and O–H groups in total. The van der Waals surface area contributed by atoms with Crippen LogP contribution in [0.5, 0.6) is 0 Å². The molecule has 0 spiro atoms. The largest absolute Gasteiger partial charge is 0.441 e. The number of oxazole rings is 1. The Morgan fingerprint density at radius 3 is 2.95 bits per heavy atom. The highest BCUT2D eigenvalue weighted by molar-refractivity contribution is 7.86. The number of benzene rings is 1. The first-order valence-electron chi connectivity index (χ1n) is 7.17. The van der Waals surface area contributed by atoms with E-state index in [1.807, 2.05) is 19.9 Å². The van der Waals surface area contributed by atoms with Crippen LogP contribution in [0.2, 0.25) is 0 Å². The summed E-state index contributed by atoms with van der Waals surface area (Å²) in [6, 6.07) is 5.20. The van der Waals surface area contributed by atoms with Crippen molar-refractivity contribution in [1.29, 1.82) is 0 Å². The van der Waals surface area contributed by atoms with Gasteiger partial charge >= 0.3 is 6.03 Å². The summed E-state index contributed by atoms with van der Waals surface area (Å²) >= 11 is 0. The molecule has 2 amide bonds. The normalized spacial score (nSPS) is 21.0. The van der Waals surface area contributed by atoms with Gasteiger partial charge in [0, 0.05) is 48.3 Å². The van der Waals surface area contributed by atoms with E-state index in [0.29, 0.717) is 36.0 Å². The Hall–Kier alpha value is -1.89. The van der Waals surface area contributed by atoms with Crippen molar-refractivity contribution in [3.8, 4) is 0 Å². The topological polar surface area (TPSA) is 75.4 Å². The molecule has 0 saturated carbocycles. The van der Waals surface area contributed by atoms with E-state index in [1.165, 1.54) is 0 Å². The third-order valence-corrected chi connectivity index (χ3v) is 5.68. The zero-order valence-electron chi connectivity index (χ0n) is 12.9. The predicted molar refractivity (Wildman–Crippen MR) is 86.4 cm³/mol. The molecule has 0 radical (unpaired) electrons. The smallest absolute Gasteiger partial charge is 0.321 e. The van der Waals surface area contributed by atoms with Crippen molar-refractivity contribution in [2.45, 2.75) is 25.5 Å². The second-order valence-electron chi connectivity index (χ2n) is 6.08. The second-order valence-corrected chi connectivity index (χ2v) is 8.28. The van der Waals surface area contributed by atoms with Crippen LogP contribution in [-0.2, 0) is 10.8 Å². The van der Waals surface area contributed by atoms with Crippen molar-refractivity contribution in [2.75, 3.05) is 24.2 Å². The van der Waals surface area contributed by atoms with Gasteiger partial charge < -0.3 is 14.6 Å². The summed E-state index contributed by atoms with van der Waals surface area (Å²) < 4.78 is 17.0. The average Bonchev–Trinajstić information content (AvgIpc) is 2.81. The molecule has 0 bridgehead atoms. The maximum absolute atomic E-state index is 12.4. The van der Waals surface area contributed by atoms with Gasteiger partial charge in [0.15, 0.2) is 11.5 Å². The Labute approximate surface area is 131 Å². The van der Waals surface area contributed by atoms with Crippen LogP contribution in [0.25, 0.3) is 11.1 Å². The van der Waals surface area contributed by atoms with E-state index in [4.69, 9.17) is 4.42 Å². The first kappa shape index (κ1) is 15.0. The summed E-state index contributed by atoms with van der Waals surface area (Å²) in [5, 5.41) is 2.87. The van der Waals surface area contributed by atoms with Crippen molar-refractivity contribution in [2.24, 2.45) is 0 Å². The Bertz CT molecular complexity index is 754.